The number of nitrogens with zero attached hydrogens (tertiary/aromatic N) is 3. The summed E-state index contributed by atoms with van der Waals surface area (Å²) in [4.78, 5) is 0. The lowest BCUT2D eigenvalue weighted by molar-refractivity contribution is 0.181. The zero-order chi connectivity index (χ0) is 16.4. The minimum absolute atomic E-state index is 0.117. The summed E-state index contributed by atoms with van der Waals surface area (Å²) in [6.07, 6.45) is 3.89. The van der Waals surface area contributed by atoms with Crippen LogP contribution in [0.15, 0.2) is 48.8 Å². The molecule has 5 nitrogen and oxygen atoms in total. The highest BCUT2D eigenvalue weighted by atomic mass is 32.2. The van der Waals surface area contributed by atoms with Crippen molar-refractivity contribution in [2.45, 2.75) is 17.9 Å². The molecule has 0 amide bonds. The molecule has 2 aromatic rings. The summed E-state index contributed by atoms with van der Waals surface area (Å²) >= 11 is -2.22. The fourth-order valence-electron chi connectivity index (χ4n) is 3.22. The van der Waals surface area contributed by atoms with E-state index in [1.165, 1.54) is 10.4 Å². The maximum absolute atomic E-state index is 14.2. The quantitative estimate of drug-likeness (QED) is 0.877. The van der Waals surface area contributed by atoms with Crippen LogP contribution < -0.4 is 0 Å². The molecular weight excluding hydrogens is 317 g/mol. The lowest BCUT2D eigenvalue weighted by atomic mass is 9.80. The average Bonchev–Trinajstić information content (AvgIpc) is 3.10. The number of benzene rings is 1. The van der Waals surface area contributed by atoms with E-state index in [1.54, 1.807) is 47.3 Å². The molecule has 0 aliphatic carbocycles. The van der Waals surface area contributed by atoms with Crippen molar-refractivity contribution in [3.63, 3.8) is 0 Å². The molecule has 3 unspecified atom stereocenters. The van der Waals surface area contributed by atoms with Crippen molar-refractivity contribution in [1.29, 1.82) is 5.26 Å². The zero-order valence-electron chi connectivity index (χ0n) is 12.3. The molecule has 1 aliphatic heterocycles. The summed E-state index contributed by atoms with van der Waals surface area (Å²) in [5.41, 5.74) is -0.540. The molecule has 1 N–H and O–H groups in total. The Morgan fingerprint density at radius 3 is 2.61 bits per heavy atom. The normalized spacial score (nSPS) is 26.6. The number of halogens is 1. The van der Waals surface area contributed by atoms with Gasteiger partial charge in [0.2, 0.25) is 11.3 Å². The zero-order valence-corrected chi connectivity index (χ0v) is 13.1. The highest BCUT2D eigenvalue weighted by Gasteiger charge is 2.44. The van der Waals surface area contributed by atoms with E-state index >= 15 is 0 Å². The van der Waals surface area contributed by atoms with Crippen molar-refractivity contribution in [2.24, 2.45) is 0 Å². The van der Waals surface area contributed by atoms with Gasteiger partial charge in [0.25, 0.3) is 0 Å². The van der Waals surface area contributed by atoms with E-state index in [0.717, 1.165) is 0 Å². The summed E-state index contributed by atoms with van der Waals surface area (Å²) in [6.45, 7) is 0.348. The first-order valence-electron chi connectivity index (χ1n) is 7.21. The Kier molecular flexibility index (Phi) is 4.31. The molecule has 0 spiro atoms. The highest BCUT2D eigenvalue weighted by Crippen LogP contribution is 2.38. The maximum Gasteiger partial charge on any atom is 0.234 e. The summed E-state index contributed by atoms with van der Waals surface area (Å²) < 4.78 is 38.3. The van der Waals surface area contributed by atoms with Crippen LogP contribution in [0.3, 0.4) is 0 Å². The number of nitriles is 1. The van der Waals surface area contributed by atoms with Gasteiger partial charge in [-0.05, 0) is 30.2 Å². The van der Waals surface area contributed by atoms with E-state index in [9.17, 15) is 18.4 Å². The average molecular weight is 333 g/mol. The third kappa shape index (κ3) is 2.93. The highest BCUT2D eigenvalue weighted by molar-refractivity contribution is 7.76. The van der Waals surface area contributed by atoms with Crippen LogP contribution in [0.1, 0.15) is 17.9 Å². The SMILES string of the molecule is N#CC1(n2cccc2)CC(c2ccccc2F)CN(S(=O)O)C1. The third-order valence-electron chi connectivity index (χ3n) is 4.32. The Hall–Kier alpha value is -2.01. The van der Waals surface area contributed by atoms with Gasteiger partial charge in [0.1, 0.15) is 11.4 Å². The monoisotopic (exact) mass is 333 g/mol. The Bertz CT molecular complexity index is 759. The van der Waals surface area contributed by atoms with Crippen LogP contribution in [-0.2, 0) is 16.8 Å². The van der Waals surface area contributed by atoms with Gasteiger partial charge in [-0.3, -0.25) is 4.55 Å². The first kappa shape index (κ1) is 15.9. The Morgan fingerprint density at radius 2 is 2.00 bits per heavy atom. The molecule has 1 aliphatic rings. The van der Waals surface area contributed by atoms with Gasteiger partial charge in [0, 0.05) is 24.9 Å². The fraction of sp³-hybridized carbons (Fsp3) is 0.312. The Morgan fingerprint density at radius 1 is 1.30 bits per heavy atom. The van der Waals surface area contributed by atoms with Gasteiger partial charge in [-0.25, -0.2) is 8.60 Å². The van der Waals surface area contributed by atoms with Gasteiger partial charge in [-0.1, -0.05) is 18.2 Å². The van der Waals surface area contributed by atoms with Gasteiger partial charge >= 0.3 is 0 Å². The number of piperidine rings is 1. The molecule has 3 rings (SSSR count). The van der Waals surface area contributed by atoms with Gasteiger partial charge < -0.3 is 4.57 Å². The van der Waals surface area contributed by atoms with Gasteiger partial charge in [-0.2, -0.15) is 9.57 Å². The van der Waals surface area contributed by atoms with Gasteiger partial charge in [0.05, 0.1) is 12.6 Å². The molecule has 1 saturated heterocycles. The van der Waals surface area contributed by atoms with Crippen molar-refractivity contribution in [3.05, 3.63) is 60.2 Å². The maximum atomic E-state index is 14.2. The number of rotatable bonds is 3. The first-order chi connectivity index (χ1) is 11.1. The molecule has 0 radical (unpaired) electrons. The molecule has 1 fully saturated rings. The van der Waals surface area contributed by atoms with E-state index in [-0.39, 0.29) is 24.8 Å². The van der Waals surface area contributed by atoms with Crippen molar-refractivity contribution >= 4 is 11.3 Å². The third-order valence-corrected chi connectivity index (χ3v) is 5.04. The first-order valence-corrected chi connectivity index (χ1v) is 8.27. The smallest absolute Gasteiger partial charge is 0.234 e. The second kappa shape index (κ2) is 6.24. The minimum Gasteiger partial charge on any atom is -0.334 e. The van der Waals surface area contributed by atoms with E-state index in [0.29, 0.717) is 12.0 Å². The summed E-state index contributed by atoms with van der Waals surface area (Å²) in [5.74, 6) is -0.703. The molecule has 0 saturated carbocycles. The van der Waals surface area contributed by atoms with Crippen LogP contribution in [0.2, 0.25) is 0 Å². The van der Waals surface area contributed by atoms with Crippen molar-refractivity contribution in [1.82, 2.24) is 8.87 Å². The molecule has 7 heteroatoms. The van der Waals surface area contributed by atoms with E-state index in [4.69, 9.17) is 0 Å². The Labute approximate surface area is 136 Å². The number of hydrogen-bond donors (Lipinski definition) is 1. The summed E-state index contributed by atoms with van der Waals surface area (Å²) in [6, 6.07) is 12.2. The topological polar surface area (TPSA) is 69.3 Å². The van der Waals surface area contributed by atoms with Gasteiger partial charge in [0.15, 0.2) is 0 Å². The lowest BCUT2D eigenvalue weighted by Gasteiger charge is -2.41. The van der Waals surface area contributed by atoms with E-state index < -0.39 is 16.8 Å². The molecule has 23 heavy (non-hydrogen) atoms. The molecule has 1 aromatic carbocycles. The molecule has 0 bridgehead atoms. The number of hydrogen-bond acceptors (Lipinski definition) is 2. The molecule has 1 aromatic heterocycles. The van der Waals surface area contributed by atoms with Crippen molar-refractivity contribution in [3.8, 4) is 6.07 Å². The van der Waals surface area contributed by atoms with Crippen LogP contribution in [0.4, 0.5) is 4.39 Å². The van der Waals surface area contributed by atoms with Crippen LogP contribution in [-0.4, -0.2) is 30.7 Å². The predicted octanol–water partition coefficient (Wildman–Crippen LogP) is 2.47. The van der Waals surface area contributed by atoms with Gasteiger partial charge in [-0.15, -0.1) is 0 Å². The van der Waals surface area contributed by atoms with Crippen LogP contribution in [0.5, 0.6) is 0 Å². The molecule has 120 valence electrons. The standard InChI is InChI=1S/C16H16FN3O2S/c17-15-6-2-1-5-14(15)13-9-16(11-18,19-7-3-4-8-19)12-20(10-13)23(21)22/h1-8,13H,9-10,12H2,(H,21,22). The van der Waals surface area contributed by atoms with E-state index in [2.05, 4.69) is 6.07 Å². The van der Waals surface area contributed by atoms with Crippen LogP contribution in [0, 0.1) is 17.1 Å². The minimum atomic E-state index is -2.22. The van der Waals surface area contributed by atoms with Crippen LogP contribution >= 0.6 is 0 Å². The molecular formula is C16H16FN3O2S. The lowest BCUT2D eigenvalue weighted by Crippen LogP contribution is -2.51. The van der Waals surface area contributed by atoms with Crippen LogP contribution in [0.25, 0.3) is 0 Å². The second-order valence-electron chi connectivity index (χ2n) is 5.71. The van der Waals surface area contributed by atoms with Crippen molar-refractivity contribution in [2.75, 3.05) is 13.1 Å². The second-order valence-corrected chi connectivity index (χ2v) is 6.69. The fourth-order valence-corrected chi connectivity index (χ4v) is 3.85. The number of aromatic nitrogens is 1. The molecule has 3 atom stereocenters. The van der Waals surface area contributed by atoms with Crippen molar-refractivity contribution < 1.29 is 13.2 Å². The molecule has 2 heterocycles. The summed E-state index contributed by atoms with van der Waals surface area (Å²) in [7, 11) is 0. The van der Waals surface area contributed by atoms with E-state index in [1.807, 2.05) is 0 Å². The predicted molar refractivity (Wildman–Crippen MR) is 84.1 cm³/mol. The largest absolute Gasteiger partial charge is 0.334 e. The Balaban J connectivity index is 2.04. The summed E-state index contributed by atoms with van der Waals surface area (Å²) in [5, 5.41) is 9.78.